The van der Waals surface area contributed by atoms with Gasteiger partial charge in [-0.1, -0.05) is 0 Å². The Kier molecular flexibility index (Phi) is 4.36. The van der Waals surface area contributed by atoms with Gasteiger partial charge < -0.3 is 14.6 Å². The number of hydrogen-bond acceptors (Lipinski definition) is 4. The maximum absolute atomic E-state index is 11.2. The number of methoxy groups -OCH3 is 1. The molecule has 1 fully saturated rings. The minimum Gasteiger partial charge on any atom is -0.480 e. The second-order valence-corrected chi connectivity index (χ2v) is 3.30. The lowest BCUT2D eigenvalue weighted by molar-refractivity contribution is -0.142. The van der Waals surface area contributed by atoms with E-state index in [9.17, 15) is 9.59 Å². The lowest BCUT2D eigenvalue weighted by Crippen LogP contribution is -2.41. The Hall–Kier alpha value is -1.30. The van der Waals surface area contributed by atoms with Crippen LogP contribution in [0.25, 0.3) is 0 Å². The number of cyclic esters (lactones) is 1. The normalized spacial score (nSPS) is 17.7. The van der Waals surface area contributed by atoms with Gasteiger partial charge in [0, 0.05) is 13.7 Å². The van der Waals surface area contributed by atoms with Crippen LogP contribution in [0.3, 0.4) is 0 Å². The molecule has 0 spiro atoms. The number of amides is 1. The SMILES string of the molecule is COCCCC(C(=O)O)N1CCOC1=O. The number of carboxylic acids is 1. The van der Waals surface area contributed by atoms with Gasteiger partial charge in [-0.05, 0) is 12.8 Å². The van der Waals surface area contributed by atoms with Crippen molar-refractivity contribution >= 4 is 12.1 Å². The molecule has 0 aliphatic carbocycles. The molecule has 1 rings (SSSR count). The van der Waals surface area contributed by atoms with E-state index in [1.807, 2.05) is 0 Å². The first-order valence-electron chi connectivity index (χ1n) is 4.82. The zero-order valence-corrected chi connectivity index (χ0v) is 8.64. The number of aliphatic carboxylic acids is 1. The molecule has 0 radical (unpaired) electrons. The molecule has 1 aliphatic rings. The average molecular weight is 217 g/mol. The topological polar surface area (TPSA) is 76.1 Å². The largest absolute Gasteiger partial charge is 0.480 e. The Morgan fingerprint density at radius 2 is 2.47 bits per heavy atom. The molecule has 1 N–H and O–H groups in total. The van der Waals surface area contributed by atoms with Crippen molar-refractivity contribution in [1.29, 1.82) is 0 Å². The smallest absolute Gasteiger partial charge is 0.410 e. The van der Waals surface area contributed by atoms with Crippen LogP contribution in [-0.2, 0) is 14.3 Å². The summed E-state index contributed by atoms with van der Waals surface area (Å²) in [5, 5.41) is 8.96. The van der Waals surface area contributed by atoms with Crippen LogP contribution >= 0.6 is 0 Å². The van der Waals surface area contributed by atoms with Crippen molar-refractivity contribution in [2.75, 3.05) is 26.9 Å². The molecule has 0 saturated carbocycles. The Morgan fingerprint density at radius 3 is 2.93 bits per heavy atom. The van der Waals surface area contributed by atoms with Crippen molar-refractivity contribution < 1.29 is 24.2 Å². The van der Waals surface area contributed by atoms with Gasteiger partial charge in [-0.3, -0.25) is 4.90 Å². The highest BCUT2D eigenvalue weighted by molar-refractivity contribution is 5.80. The first-order chi connectivity index (χ1) is 7.16. The highest BCUT2D eigenvalue weighted by Gasteiger charge is 2.33. The maximum Gasteiger partial charge on any atom is 0.410 e. The molecule has 1 unspecified atom stereocenters. The van der Waals surface area contributed by atoms with Crippen LogP contribution < -0.4 is 0 Å². The number of ether oxygens (including phenoxy) is 2. The lowest BCUT2D eigenvalue weighted by Gasteiger charge is -2.21. The fourth-order valence-electron chi connectivity index (χ4n) is 1.52. The van der Waals surface area contributed by atoms with Gasteiger partial charge in [-0.2, -0.15) is 0 Å². The van der Waals surface area contributed by atoms with E-state index >= 15 is 0 Å². The molecular weight excluding hydrogens is 202 g/mol. The van der Waals surface area contributed by atoms with Crippen LogP contribution in [0, 0.1) is 0 Å². The van der Waals surface area contributed by atoms with Crippen molar-refractivity contribution in [3.8, 4) is 0 Å². The van der Waals surface area contributed by atoms with Gasteiger partial charge in [0.05, 0.1) is 6.54 Å². The Balaban J connectivity index is 2.49. The van der Waals surface area contributed by atoms with Crippen LogP contribution in [0.15, 0.2) is 0 Å². The fraction of sp³-hybridized carbons (Fsp3) is 0.778. The standard InChI is InChI=1S/C9H15NO5/c1-14-5-2-3-7(8(11)12)10-4-6-15-9(10)13/h7H,2-6H2,1H3,(H,11,12). The molecule has 0 aromatic heterocycles. The molecule has 0 bridgehead atoms. The predicted octanol–water partition coefficient (Wildman–Crippen LogP) is 0.318. The van der Waals surface area contributed by atoms with E-state index < -0.39 is 18.1 Å². The molecular formula is C9H15NO5. The van der Waals surface area contributed by atoms with E-state index in [2.05, 4.69) is 0 Å². The average Bonchev–Trinajstić information content (AvgIpc) is 2.59. The van der Waals surface area contributed by atoms with Crippen molar-refractivity contribution in [2.24, 2.45) is 0 Å². The molecule has 86 valence electrons. The third kappa shape index (κ3) is 3.09. The van der Waals surface area contributed by atoms with E-state index in [0.717, 1.165) is 0 Å². The van der Waals surface area contributed by atoms with Gasteiger partial charge in [0.2, 0.25) is 0 Å². The summed E-state index contributed by atoms with van der Waals surface area (Å²) in [6.45, 7) is 1.11. The second kappa shape index (κ2) is 5.55. The quantitative estimate of drug-likeness (QED) is 0.648. The minimum absolute atomic E-state index is 0.271. The van der Waals surface area contributed by atoms with Gasteiger partial charge >= 0.3 is 12.1 Å². The van der Waals surface area contributed by atoms with E-state index in [-0.39, 0.29) is 6.61 Å². The number of carbonyl (C=O) groups is 2. The third-order valence-electron chi connectivity index (χ3n) is 2.28. The van der Waals surface area contributed by atoms with Crippen LogP contribution in [-0.4, -0.2) is 55.0 Å². The number of hydrogen-bond donors (Lipinski definition) is 1. The first-order valence-corrected chi connectivity index (χ1v) is 4.82. The summed E-state index contributed by atoms with van der Waals surface area (Å²) in [5.74, 6) is -0.995. The Labute approximate surface area is 87.8 Å². The summed E-state index contributed by atoms with van der Waals surface area (Å²) in [6, 6.07) is -0.796. The Morgan fingerprint density at radius 1 is 1.73 bits per heavy atom. The van der Waals surface area contributed by atoms with Gasteiger partial charge in [0.25, 0.3) is 0 Å². The molecule has 0 aromatic carbocycles. The summed E-state index contributed by atoms with van der Waals surface area (Å²) in [7, 11) is 1.56. The summed E-state index contributed by atoms with van der Waals surface area (Å²) < 4.78 is 9.53. The monoisotopic (exact) mass is 217 g/mol. The van der Waals surface area contributed by atoms with Crippen LogP contribution in [0.5, 0.6) is 0 Å². The molecule has 1 amide bonds. The van der Waals surface area contributed by atoms with Crippen molar-refractivity contribution in [1.82, 2.24) is 4.90 Å². The molecule has 0 aromatic rings. The predicted molar refractivity (Wildman–Crippen MR) is 50.6 cm³/mol. The molecule has 1 aliphatic heterocycles. The number of carboxylic acid groups (broad SMARTS) is 1. The molecule has 1 heterocycles. The number of rotatable bonds is 6. The third-order valence-corrected chi connectivity index (χ3v) is 2.28. The number of carbonyl (C=O) groups excluding carboxylic acids is 1. The van der Waals surface area contributed by atoms with Crippen molar-refractivity contribution in [2.45, 2.75) is 18.9 Å². The highest BCUT2D eigenvalue weighted by atomic mass is 16.6. The van der Waals surface area contributed by atoms with Gasteiger partial charge in [-0.25, -0.2) is 9.59 Å². The van der Waals surface area contributed by atoms with Crippen LogP contribution in [0.2, 0.25) is 0 Å². The Bertz CT molecular complexity index is 243. The van der Waals surface area contributed by atoms with Crippen LogP contribution in [0.1, 0.15) is 12.8 Å². The van der Waals surface area contributed by atoms with E-state index in [4.69, 9.17) is 14.6 Å². The van der Waals surface area contributed by atoms with E-state index in [1.54, 1.807) is 7.11 Å². The van der Waals surface area contributed by atoms with Gasteiger partial charge in [0.15, 0.2) is 0 Å². The fourth-order valence-corrected chi connectivity index (χ4v) is 1.52. The lowest BCUT2D eigenvalue weighted by atomic mass is 10.1. The summed E-state index contributed by atoms with van der Waals surface area (Å²) in [5.41, 5.74) is 0. The second-order valence-electron chi connectivity index (χ2n) is 3.30. The van der Waals surface area contributed by atoms with Gasteiger partial charge in [-0.15, -0.1) is 0 Å². The summed E-state index contributed by atoms with van der Waals surface area (Å²) in [4.78, 5) is 23.3. The molecule has 1 saturated heterocycles. The molecule has 6 heteroatoms. The van der Waals surface area contributed by atoms with Crippen molar-refractivity contribution in [3.05, 3.63) is 0 Å². The van der Waals surface area contributed by atoms with E-state index in [1.165, 1.54) is 4.90 Å². The molecule has 15 heavy (non-hydrogen) atoms. The zero-order valence-electron chi connectivity index (χ0n) is 8.64. The molecule has 1 atom stereocenters. The number of nitrogens with zero attached hydrogens (tertiary/aromatic N) is 1. The molecule has 6 nitrogen and oxygen atoms in total. The minimum atomic E-state index is -0.995. The van der Waals surface area contributed by atoms with Gasteiger partial charge in [0.1, 0.15) is 12.6 Å². The first kappa shape index (κ1) is 11.8. The van der Waals surface area contributed by atoms with Crippen molar-refractivity contribution in [3.63, 3.8) is 0 Å². The summed E-state index contributed by atoms with van der Waals surface area (Å²) >= 11 is 0. The highest BCUT2D eigenvalue weighted by Crippen LogP contribution is 2.13. The van der Waals surface area contributed by atoms with E-state index in [0.29, 0.717) is 26.0 Å². The zero-order chi connectivity index (χ0) is 11.3. The summed E-state index contributed by atoms with van der Waals surface area (Å²) in [6.07, 6.45) is 0.454. The van der Waals surface area contributed by atoms with Crippen LogP contribution in [0.4, 0.5) is 4.79 Å². The maximum atomic E-state index is 11.2.